The van der Waals surface area contributed by atoms with E-state index in [0.717, 1.165) is 39.1 Å². The number of ether oxygens (including phenoxy) is 1. The molecule has 8 heteroatoms. The Morgan fingerprint density at radius 3 is 2.90 bits per heavy atom. The van der Waals surface area contributed by atoms with Crippen molar-refractivity contribution in [2.24, 2.45) is 0 Å². The third kappa shape index (κ3) is 4.72. The first-order valence-corrected chi connectivity index (χ1v) is 10.8. The standard InChI is InChI=1S/C21H25N5O2S/c1-22-21(27)17-14-20(24-15-23-17)28-12-3-7-25-8-10-26(11-9-25)18-4-2-5-19-16(18)6-13-29-19/h2,4-6,13-15H,3,7-12H2,1H3,(H,22,27)/p+1. The van der Waals surface area contributed by atoms with Gasteiger partial charge in [0.25, 0.3) is 0 Å². The van der Waals surface area contributed by atoms with Gasteiger partial charge in [-0.3, -0.25) is 10.2 Å². The fourth-order valence-corrected chi connectivity index (χ4v) is 4.44. The molecule has 1 aliphatic heterocycles. The molecule has 0 bridgehead atoms. The molecule has 7 nitrogen and oxygen atoms in total. The average Bonchev–Trinajstić information content (AvgIpc) is 3.26. The first kappa shape index (κ1) is 19.8. The molecule has 2 aromatic heterocycles. The fraction of sp³-hybridized carbons (Fsp3) is 0.381. The molecule has 1 aliphatic rings. The molecule has 0 radical (unpaired) electrons. The molecule has 3 aromatic rings. The summed E-state index contributed by atoms with van der Waals surface area (Å²) in [6.45, 7) is 5.77. The quantitative estimate of drug-likeness (QED) is 0.595. The van der Waals surface area contributed by atoms with Crippen LogP contribution < -0.4 is 15.0 Å². The van der Waals surface area contributed by atoms with E-state index in [9.17, 15) is 4.79 Å². The Morgan fingerprint density at radius 1 is 1.21 bits per heavy atom. The molecule has 1 aromatic carbocycles. The zero-order valence-electron chi connectivity index (χ0n) is 16.6. The summed E-state index contributed by atoms with van der Waals surface area (Å²) >= 11 is 1.80. The normalized spacial score (nSPS) is 15.0. The Kier molecular flexibility index (Phi) is 6.33. The maximum absolute atomic E-state index is 11.7. The molecule has 0 spiro atoms. The highest BCUT2D eigenvalue weighted by Crippen LogP contribution is 2.31. The van der Waals surface area contributed by atoms with E-state index >= 15 is 0 Å². The van der Waals surface area contributed by atoms with Crippen LogP contribution >= 0.6 is 11.3 Å². The Bertz CT molecular complexity index is 968. The number of nitrogens with two attached hydrogens (primary N) is 1. The summed E-state index contributed by atoms with van der Waals surface area (Å²) in [6, 6.07) is 10.4. The second-order valence-electron chi connectivity index (χ2n) is 7.03. The van der Waals surface area contributed by atoms with E-state index in [1.807, 2.05) is 0 Å². The molecule has 0 aliphatic carbocycles. The lowest BCUT2D eigenvalue weighted by molar-refractivity contribution is -0.523. The van der Waals surface area contributed by atoms with Crippen LogP contribution in [0.15, 0.2) is 42.0 Å². The SMILES string of the molecule is C[NH2+]C(=O)c1cc(OCCCN2CCN(c3cccc4sccc34)CC2)ncn1. The van der Waals surface area contributed by atoms with Gasteiger partial charge in [0.1, 0.15) is 6.33 Å². The number of hydrogen-bond acceptors (Lipinski definition) is 7. The van der Waals surface area contributed by atoms with E-state index in [1.165, 1.54) is 27.4 Å². The lowest BCUT2D eigenvalue weighted by atomic mass is 10.2. The summed E-state index contributed by atoms with van der Waals surface area (Å²) in [6.07, 6.45) is 2.30. The summed E-state index contributed by atoms with van der Waals surface area (Å²) in [5.74, 6) is 0.340. The Balaban J connectivity index is 1.22. The summed E-state index contributed by atoms with van der Waals surface area (Å²) in [5, 5.41) is 5.02. The van der Waals surface area contributed by atoms with Gasteiger partial charge < -0.3 is 9.64 Å². The van der Waals surface area contributed by atoms with Crippen molar-refractivity contribution in [1.82, 2.24) is 14.9 Å². The first-order valence-electron chi connectivity index (χ1n) is 9.96. The lowest BCUT2D eigenvalue weighted by Crippen LogP contribution is -2.84. The number of amides is 1. The zero-order valence-corrected chi connectivity index (χ0v) is 17.4. The van der Waals surface area contributed by atoms with Gasteiger partial charge in [-0.05, 0) is 30.0 Å². The minimum absolute atomic E-state index is 0.117. The summed E-state index contributed by atoms with van der Waals surface area (Å²) in [4.78, 5) is 24.7. The number of primary amides is 1. The molecule has 4 rings (SSSR count). The average molecular weight is 413 g/mol. The predicted molar refractivity (Wildman–Crippen MR) is 115 cm³/mol. The zero-order chi connectivity index (χ0) is 20.1. The van der Waals surface area contributed by atoms with Gasteiger partial charge in [0.2, 0.25) is 5.88 Å². The van der Waals surface area contributed by atoms with Crippen LogP contribution in [0.2, 0.25) is 0 Å². The lowest BCUT2D eigenvalue weighted by Gasteiger charge is -2.36. The number of hydrogen-bond donors (Lipinski definition) is 1. The fourth-order valence-electron chi connectivity index (χ4n) is 3.63. The molecule has 0 saturated carbocycles. The van der Waals surface area contributed by atoms with Crippen molar-refractivity contribution in [1.29, 1.82) is 0 Å². The number of piperazine rings is 1. The molecular weight excluding hydrogens is 386 g/mol. The van der Waals surface area contributed by atoms with Gasteiger partial charge in [-0.15, -0.1) is 11.3 Å². The second-order valence-corrected chi connectivity index (χ2v) is 7.98. The number of nitrogens with zero attached hydrogens (tertiary/aromatic N) is 4. The Morgan fingerprint density at radius 2 is 2.07 bits per heavy atom. The number of benzene rings is 1. The minimum atomic E-state index is -0.117. The first-order chi connectivity index (χ1) is 14.2. The maximum atomic E-state index is 11.7. The van der Waals surface area contributed by atoms with Crippen LogP contribution in [0.3, 0.4) is 0 Å². The van der Waals surface area contributed by atoms with E-state index in [-0.39, 0.29) is 5.91 Å². The summed E-state index contributed by atoms with van der Waals surface area (Å²) in [5.41, 5.74) is 1.72. The number of thiophene rings is 1. The number of anilines is 1. The van der Waals surface area contributed by atoms with Gasteiger partial charge in [0.15, 0.2) is 5.69 Å². The Labute approximate surface area is 174 Å². The highest BCUT2D eigenvalue weighted by atomic mass is 32.1. The number of fused-ring (bicyclic) bond motifs is 1. The predicted octanol–water partition coefficient (Wildman–Crippen LogP) is 1.62. The van der Waals surface area contributed by atoms with Crippen LogP contribution in [0.5, 0.6) is 5.88 Å². The monoisotopic (exact) mass is 412 g/mol. The molecular formula is C21H26N5O2S+. The molecule has 1 saturated heterocycles. The number of aromatic nitrogens is 2. The van der Waals surface area contributed by atoms with Crippen LogP contribution in [0.25, 0.3) is 10.1 Å². The highest BCUT2D eigenvalue weighted by Gasteiger charge is 2.18. The highest BCUT2D eigenvalue weighted by molar-refractivity contribution is 7.17. The molecule has 3 heterocycles. The molecule has 1 fully saturated rings. The van der Waals surface area contributed by atoms with Crippen LogP contribution in [0, 0.1) is 0 Å². The van der Waals surface area contributed by atoms with E-state index in [0.29, 0.717) is 18.2 Å². The van der Waals surface area contributed by atoms with Crippen molar-refractivity contribution in [3.63, 3.8) is 0 Å². The van der Waals surface area contributed by atoms with E-state index in [1.54, 1.807) is 24.5 Å². The second kappa shape index (κ2) is 9.30. The molecule has 152 valence electrons. The van der Waals surface area contributed by atoms with Crippen molar-refractivity contribution in [2.75, 3.05) is 51.3 Å². The molecule has 2 N–H and O–H groups in total. The smallest absolute Gasteiger partial charge is 0.361 e. The summed E-state index contributed by atoms with van der Waals surface area (Å²) in [7, 11) is 1.70. The number of carbonyl (C=O) groups excluding carboxylic acids is 1. The van der Waals surface area contributed by atoms with Crippen LogP contribution in [0.4, 0.5) is 5.69 Å². The molecule has 0 atom stereocenters. The topological polar surface area (TPSA) is 75.2 Å². The minimum Gasteiger partial charge on any atom is -0.478 e. The van der Waals surface area contributed by atoms with Gasteiger partial charge in [0.05, 0.1) is 13.7 Å². The van der Waals surface area contributed by atoms with Gasteiger partial charge in [-0.2, -0.15) is 0 Å². The van der Waals surface area contributed by atoms with Crippen LogP contribution in [-0.4, -0.2) is 67.2 Å². The van der Waals surface area contributed by atoms with Crippen molar-refractivity contribution < 1.29 is 14.8 Å². The molecule has 1 amide bonds. The van der Waals surface area contributed by atoms with Crippen molar-refractivity contribution in [3.8, 4) is 5.88 Å². The van der Waals surface area contributed by atoms with Gasteiger partial charge in [-0.25, -0.2) is 14.8 Å². The Hall–Kier alpha value is -2.55. The van der Waals surface area contributed by atoms with Gasteiger partial charge >= 0.3 is 5.91 Å². The third-order valence-electron chi connectivity index (χ3n) is 5.21. The molecule has 29 heavy (non-hydrogen) atoms. The van der Waals surface area contributed by atoms with Crippen molar-refractivity contribution >= 4 is 33.0 Å². The van der Waals surface area contributed by atoms with Crippen molar-refractivity contribution in [2.45, 2.75) is 6.42 Å². The largest absolute Gasteiger partial charge is 0.478 e. The molecule has 0 unspecified atom stereocenters. The third-order valence-corrected chi connectivity index (χ3v) is 6.09. The van der Waals surface area contributed by atoms with Gasteiger partial charge in [-0.1, -0.05) is 6.07 Å². The van der Waals surface area contributed by atoms with Crippen molar-refractivity contribution in [3.05, 3.63) is 47.7 Å². The van der Waals surface area contributed by atoms with E-state index in [4.69, 9.17) is 4.74 Å². The maximum Gasteiger partial charge on any atom is 0.361 e. The van der Waals surface area contributed by atoms with Crippen LogP contribution in [0.1, 0.15) is 16.9 Å². The van der Waals surface area contributed by atoms with Gasteiger partial charge in [0, 0.05) is 54.6 Å². The van der Waals surface area contributed by atoms with E-state index < -0.39 is 0 Å². The number of rotatable bonds is 7. The van der Waals surface area contributed by atoms with Crippen LogP contribution in [-0.2, 0) is 0 Å². The number of carbonyl (C=O) groups is 1. The van der Waals surface area contributed by atoms with E-state index in [2.05, 4.69) is 49.4 Å². The summed E-state index contributed by atoms with van der Waals surface area (Å²) < 4.78 is 7.06. The number of quaternary nitrogens is 1.